The Morgan fingerprint density at radius 2 is 1.74 bits per heavy atom. The summed E-state index contributed by atoms with van der Waals surface area (Å²) in [5, 5.41) is 0.839. The lowest BCUT2D eigenvalue weighted by Crippen LogP contribution is -2.38. The van der Waals surface area contributed by atoms with E-state index in [9.17, 15) is 4.79 Å². The van der Waals surface area contributed by atoms with E-state index < -0.39 is 0 Å². The van der Waals surface area contributed by atoms with Crippen molar-refractivity contribution in [3.8, 4) is 0 Å². The van der Waals surface area contributed by atoms with Crippen molar-refractivity contribution in [2.75, 3.05) is 4.90 Å². The Bertz CT molecular complexity index is 874. The van der Waals surface area contributed by atoms with Crippen LogP contribution in [-0.4, -0.2) is 11.9 Å². The molecule has 3 heteroatoms. The number of fused-ring (bicyclic) bond motifs is 2. The predicted octanol–water partition coefficient (Wildman–Crippen LogP) is 5.90. The lowest BCUT2D eigenvalue weighted by atomic mass is 9.65. The molecule has 2 aromatic carbocycles. The van der Waals surface area contributed by atoms with E-state index in [1.54, 1.807) is 0 Å². The van der Waals surface area contributed by atoms with Crippen molar-refractivity contribution < 1.29 is 4.79 Å². The molecule has 140 valence electrons. The molecule has 27 heavy (non-hydrogen) atoms. The fourth-order valence-electron chi connectivity index (χ4n) is 5.87. The molecule has 1 saturated heterocycles. The molecule has 1 saturated carbocycles. The third kappa shape index (κ3) is 2.72. The number of benzene rings is 2. The van der Waals surface area contributed by atoms with Crippen molar-refractivity contribution >= 4 is 23.2 Å². The zero-order valence-corrected chi connectivity index (χ0v) is 16.6. The largest absolute Gasteiger partial charge is 0.309 e. The van der Waals surface area contributed by atoms with Crippen LogP contribution in [0.1, 0.15) is 54.7 Å². The Morgan fingerprint density at radius 1 is 0.963 bits per heavy atom. The van der Waals surface area contributed by atoms with Crippen molar-refractivity contribution in [1.82, 2.24) is 0 Å². The summed E-state index contributed by atoms with van der Waals surface area (Å²) in [5.41, 5.74) is 4.94. The van der Waals surface area contributed by atoms with Gasteiger partial charge in [0.1, 0.15) is 0 Å². The van der Waals surface area contributed by atoms with Gasteiger partial charge < -0.3 is 4.90 Å². The zero-order chi connectivity index (χ0) is 18.5. The van der Waals surface area contributed by atoms with Gasteiger partial charge in [0, 0.05) is 22.7 Å². The van der Waals surface area contributed by atoms with Gasteiger partial charge in [-0.15, -0.1) is 0 Å². The fourth-order valence-corrected chi connectivity index (χ4v) is 6.13. The van der Waals surface area contributed by atoms with E-state index in [2.05, 4.69) is 48.2 Å². The van der Waals surface area contributed by atoms with E-state index in [-0.39, 0.29) is 5.92 Å². The quantitative estimate of drug-likeness (QED) is 0.604. The number of carbonyl (C=O) groups excluding carboxylic acids is 1. The number of nitrogens with zero attached hydrogens (tertiary/aromatic N) is 1. The van der Waals surface area contributed by atoms with Gasteiger partial charge in [-0.05, 0) is 67.3 Å². The number of carbonyl (C=O) groups is 1. The second kappa shape index (κ2) is 6.67. The van der Waals surface area contributed by atoms with Gasteiger partial charge in [0.2, 0.25) is 5.91 Å². The summed E-state index contributed by atoms with van der Waals surface area (Å²) in [5.74, 6) is 1.27. The summed E-state index contributed by atoms with van der Waals surface area (Å²) in [6, 6.07) is 15.1. The summed E-state index contributed by atoms with van der Waals surface area (Å²) < 4.78 is 0. The first-order valence-corrected chi connectivity index (χ1v) is 10.7. The van der Waals surface area contributed by atoms with E-state index in [0.29, 0.717) is 23.8 Å². The molecular formula is C24H26ClNO. The highest BCUT2D eigenvalue weighted by atomic mass is 35.5. The Morgan fingerprint density at radius 3 is 2.56 bits per heavy atom. The van der Waals surface area contributed by atoms with E-state index in [1.165, 1.54) is 42.4 Å². The third-order valence-electron chi connectivity index (χ3n) is 7.07. The number of aryl methyl sites for hydroxylation is 1. The topological polar surface area (TPSA) is 20.3 Å². The van der Waals surface area contributed by atoms with Crippen molar-refractivity contribution in [2.24, 2.45) is 11.8 Å². The SMILES string of the molecule is Cc1ccc(N2C(=O)[C@H]3Cc4c(Cl)cccc4[C@H]4CCCCC[C@H]2[C@@H]34)cc1. The molecule has 3 aliphatic rings. The summed E-state index contributed by atoms with van der Waals surface area (Å²) >= 11 is 6.58. The van der Waals surface area contributed by atoms with Crippen LogP contribution in [0, 0.1) is 18.8 Å². The maximum absolute atomic E-state index is 13.6. The van der Waals surface area contributed by atoms with E-state index in [1.807, 2.05) is 6.07 Å². The molecule has 1 amide bonds. The van der Waals surface area contributed by atoms with E-state index in [4.69, 9.17) is 11.6 Å². The predicted molar refractivity (Wildman–Crippen MR) is 110 cm³/mol. The Labute approximate surface area is 166 Å². The molecule has 0 radical (unpaired) electrons. The number of amides is 1. The van der Waals surface area contributed by atoms with Gasteiger partial charge in [-0.1, -0.05) is 60.7 Å². The molecular weight excluding hydrogens is 354 g/mol. The van der Waals surface area contributed by atoms with Gasteiger partial charge in [0.05, 0.1) is 0 Å². The monoisotopic (exact) mass is 379 g/mol. The Kier molecular flexibility index (Phi) is 4.27. The number of halogens is 1. The van der Waals surface area contributed by atoms with E-state index in [0.717, 1.165) is 23.6 Å². The first-order chi connectivity index (χ1) is 13.1. The van der Waals surface area contributed by atoms with Crippen LogP contribution in [-0.2, 0) is 11.2 Å². The minimum atomic E-state index is 0.0757. The molecule has 0 N–H and O–H groups in total. The minimum absolute atomic E-state index is 0.0757. The lowest BCUT2D eigenvalue weighted by molar-refractivity contribution is -0.121. The molecule has 1 aliphatic heterocycles. The number of rotatable bonds is 1. The highest BCUT2D eigenvalue weighted by molar-refractivity contribution is 6.31. The van der Waals surface area contributed by atoms with Gasteiger partial charge >= 0.3 is 0 Å². The zero-order valence-electron chi connectivity index (χ0n) is 15.8. The summed E-state index contributed by atoms with van der Waals surface area (Å²) in [7, 11) is 0. The normalized spacial score (nSPS) is 29.7. The molecule has 5 rings (SSSR count). The van der Waals surface area contributed by atoms with Crippen molar-refractivity contribution in [2.45, 2.75) is 57.4 Å². The molecule has 0 spiro atoms. The van der Waals surface area contributed by atoms with Crippen LogP contribution >= 0.6 is 11.6 Å². The van der Waals surface area contributed by atoms with E-state index >= 15 is 0 Å². The van der Waals surface area contributed by atoms with Crippen LogP contribution in [0.3, 0.4) is 0 Å². The molecule has 4 atom stereocenters. The third-order valence-corrected chi connectivity index (χ3v) is 7.42. The molecule has 1 heterocycles. The van der Waals surface area contributed by atoms with Crippen LogP contribution in [0.5, 0.6) is 0 Å². The second-order valence-corrected chi connectivity index (χ2v) is 8.96. The summed E-state index contributed by atoms with van der Waals surface area (Å²) in [6.45, 7) is 2.10. The van der Waals surface area contributed by atoms with Crippen LogP contribution in [0.25, 0.3) is 0 Å². The first kappa shape index (κ1) is 17.3. The maximum Gasteiger partial charge on any atom is 0.231 e. The first-order valence-electron chi connectivity index (χ1n) is 10.3. The van der Waals surface area contributed by atoms with Crippen LogP contribution in [0.15, 0.2) is 42.5 Å². The lowest BCUT2D eigenvalue weighted by Gasteiger charge is -2.39. The average Bonchev–Trinajstić information content (AvgIpc) is 2.92. The standard InChI is InChI=1S/C24H26ClNO/c1-15-10-12-16(13-11-15)26-22-9-4-2-3-6-18-17-7-5-8-21(25)19(17)14-20(23(18)22)24(26)27/h5,7-8,10-13,18,20,22-23H,2-4,6,9,14H2,1H3/t18-,20+,22+,23-/m1/s1. The van der Waals surface area contributed by atoms with Crippen molar-refractivity contribution in [3.63, 3.8) is 0 Å². The van der Waals surface area contributed by atoms with Crippen molar-refractivity contribution in [3.05, 3.63) is 64.2 Å². The summed E-state index contributed by atoms with van der Waals surface area (Å²) in [6.07, 6.45) is 6.83. The number of hydrogen-bond acceptors (Lipinski definition) is 1. The average molecular weight is 380 g/mol. The maximum atomic E-state index is 13.6. The number of anilines is 1. The second-order valence-electron chi connectivity index (χ2n) is 8.55. The fraction of sp³-hybridized carbons (Fsp3) is 0.458. The van der Waals surface area contributed by atoms with Gasteiger partial charge in [0.25, 0.3) is 0 Å². The van der Waals surface area contributed by atoms with Crippen LogP contribution < -0.4 is 4.90 Å². The van der Waals surface area contributed by atoms with Gasteiger partial charge in [-0.2, -0.15) is 0 Å². The van der Waals surface area contributed by atoms with Crippen LogP contribution in [0.2, 0.25) is 5.02 Å². The molecule has 2 aromatic rings. The molecule has 2 aliphatic carbocycles. The highest BCUT2D eigenvalue weighted by Crippen LogP contribution is 2.53. The van der Waals surface area contributed by atoms with Crippen LogP contribution in [0.4, 0.5) is 5.69 Å². The summed E-state index contributed by atoms with van der Waals surface area (Å²) in [4.78, 5) is 15.7. The molecule has 0 aromatic heterocycles. The smallest absolute Gasteiger partial charge is 0.231 e. The molecule has 0 bridgehead atoms. The Hall–Kier alpha value is -1.80. The highest BCUT2D eigenvalue weighted by Gasteiger charge is 2.54. The molecule has 2 nitrogen and oxygen atoms in total. The molecule has 0 unspecified atom stereocenters. The number of hydrogen-bond donors (Lipinski definition) is 0. The Balaban J connectivity index is 1.62. The van der Waals surface area contributed by atoms with Gasteiger partial charge in [-0.25, -0.2) is 0 Å². The minimum Gasteiger partial charge on any atom is -0.309 e. The van der Waals surface area contributed by atoms with Gasteiger partial charge in [-0.3, -0.25) is 4.79 Å². The van der Waals surface area contributed by atoms with Crippen molar-refractivity contribution in [1.29, 1.82) is 0 Å². The van der Waals surface area contributed by atoms with Gasteiger partial charge in [0.15, 0.2) is 0 Å². The molecule has 2 fully saturated rings.